The molecule has 1 nitrogen and oxygen atoms in total. The number of phenolic OH excluding ortho intramolecular Hbond substituents is 1. The lowest BCUT2D eigenvalue weighted by atomic mass is 9.91. The lowest BCUT2D eigenvalue weighted by molar-refractivity contribution is 0.467. The molecule has 3 rings (SSSR count). The Kier molecular flexibility index (Phi) is 4.16. The molecule has 0 fully saturated rings. The summed E-state index contributed by atoms with van der Waals surface area (Å²) in [5.41, 5.74) is 4.58. The van der Waals surface area contributed by atoms with Crippen LogP contribution in [0, 0.1) is 5.82 Å². The van der Waals surface area contributed by atoms with Crippen LogP contribution in [0.25, 0.3) is 22.3 Å². The van der Waals surface area contributed by atoms with Crippen LogP contribution in [0.5, 0.6) is 5.75 Å². The highest BCUT2D eigenvalue weighted by Crippen LogP contribution is 2.39. The highest BCUT2D eigenvalue weighted by Gasteiger charge is 2.15. The number of aromatic hydroxyl groups is 1. The first-order chi connectivity index (χ1) is 11.1. The Bertz CT molecular complexity index is 805. The molecule has 0 heterocycles. The van der Waals surface area contributed by atoms with Gasteiger partial charge in [0.15, 0.2) is 0 Å². The van der Waals surface area contributed by atoms with Gasteiger partial charge in [0.05, 0.1) is 0 Å². The molecule has 0 spiro atoms. The maximum absolute atomic E-state index is 13.2. The smallest absolute Gasteiger partial charge is 0.126 e. The van der Waals surface area contributed by atoms with Crippen molar-refractivity contribution in [2.24, 2.45) is 0 Å². The minimum Gasteiger partial charge on any atom is -0.507 e. The van der Waals surface area contributed by atoms with E-state index in [9.17, 15) is 9.50 Å². The Morgan fingerprint density at radius 3 is 2.04 bits per heavy atom. The minimum atomic E-state index is -0.281. The predicted octanol–water partition coefficient (Wildman–Crippen LogP) is 5.99. The van der Waals surface area contributed by atoms with Crippen molar-refractivity contribution >= 4 is 0 Å². The third-order valence-corrected chi connectivity index (χ3v) is 4.02. The summed E-state index contributed by atoms with van der Waals surface area (Å²) >= 11 is 0. The zero-order valence-electron chi connectivity index (χ0n) is 13.3. The third kappa shape index (κ3) is 3.11. The number of rotatable bonds is 3. The van der Waals surface area contributed by atoms with Crippen molar-refractivity contribution < 1.29 is 9.50 Å². The summed E-state index contributed by atoms with van der Waals surface area (Å²) in [6, 6.07) is 20.3. The van der Waals surface area contributed by atoms with Crippen molar-refractivity contribution in [3.63, 3.8) is 0 Å². The maximum Gasteiger partial charge on any atom is 0.126 e. The first-order valence-electron chi connectivity index (χ1n) is 7.74. The van der Waals surface area contributed by atoms with Crippen molar-refractivity contribution in [3.8, 4) is 28.0 Å². The normalized spacial score (nSPS) is 11.0. The number of benzene rings is 3. The molecule has 116 valence electrons. The molecule has 0 saturated heterocycles. The monoisotopic (exact) mass is 306 g/mol. The molecule has 23 heavy (non-hydrogen) atoms. The predicted molar refractivity (Wildman–Crippen MR) is 93.0 cm³/mol. The first kappa shape index (κ1) is 15.3. The Hall–Kier alpha value is -2.61. The second kappa shape index (κ2) is 6.25. The maximum atomic E-state index is 13.2. The van der Waals surface area contributed by atoms with Gasteiger partial charge >= 0.3 is 0 Å². The SMILES string of the molecule is CC(C)c1cc(-c2ccccc2)cc(-c2ccc(F)cc2)c1O. The van der Waals surface area contributed by atoms with Gasteiger partial charge in [-0.15, -0.1) is 0 Å². The van der Waals surface area contributed by atoms with Gasteiger partial charge in [-0.2, -0.15) is 0 Å². The Balaban J connectivity index is 2.22. The molecule has 0 aliphatic rings. The molecule has 0 saturated carbocycles. The van der Waals surface area contributed by atoms with Crippen LogP contribution in [-0.4, -0.2) is 5.11 Å². The van der Waals surface area contributed by atoms with E-state index in [0.29, 0.717) is 0 Å². The summed E-state index contributed by atoms with van der Waals surface area (Å²) in [7, 11) is 0. The fourth-order valence-corrected chi connectivity index (χ4v) is 2.74. The fourth-order valence-electron chi connectivity index (χ4n) is 2.74. The summed E-state index contributed by atoms with van der Waals surface area (Å²) in [5, 5.41) is 10.7. The van der Waals surface area contributed by atoms with Crippen LogP contribution in [0.1, 0.15) is 25.3 Å². The molecular weight excluding hydrogens is 287 g/mol. The molecule has 1 N–H and O–H groups in total. The Morgan fingerprint density at radius 2 is 1.43 bits per heavy atom. The second-order valence-corrected chi connectivity index (χ2v) is 5.99. The lowest BCUT2D eigenvalue weighted by Crippen LogP contribution is -1.93. The molecule has 0 radical (unpaired) electrons. The van der Waals surface area contributed by atoms with Crippen LogP contribution in [0.15, 0.2) is 66.7 Å². The van der Waals surface area contributed by atoms with E-state index in [2.05, 4.69) is 13.8 Å². The van der Waals surface area contributed by atoms with Gasteiger partial charge in [0.25, 0.3) is 0 Å². The second-order valence-electron chi connectivity index (χ2n) is 5.99. The molecular formula is C21H19FO. The van der Waals surface area contributed by atoms with Crippen LogP contribution in [0.2, 0.25) is 0 Å². The number of hydrogen-bond acceptors (Lipinski definition) is 1. The average Bonchev–Trinajstić information content (AvgIpc) is 2.56. The van der Waals surface area contributed by atoms with Gasteiger partial charge in [-0.25, -0.2) is 4.39 Å². The quantitative estimate of drug-likeness (QED) is 0.630. The standard InChI is InChI=1S/C21H19FO/c1-14(2)19-12-17(15-6-4-3-5-7-15)13-20(21(19)23)16-8-10-18(22)11-9-16/h3-14,23H,1-2H3. The van der Waals surface area contributed by atoms with E-state index in [1.807, 2.05) is 42.5 Å². The van der Waals surface area contributed by atoms with Gasteiger partial charge in [-0.1, -0.05) is 56.3 Å². The Morgan fingerprint density at radius 1 is 0.783 bits per heavy atom. The van der Waals surface area contributed by atoms with E-state index in [4.69, 9.17) is 0 Å². The highest BCUT2D eigenvalue weighted by molar-refractivity contribution is 5.79. The van der Waals surface area contributed by atoms with Crippen LogP contribution >= 0.6 is 0 Å². The lowest BCUT2D eigenvalue weighted by Gasteiger charge is -2.16. The Labute approximate surface area is 136 Å². The van der Waals surface area contributed by atoms with Gasteiger partial charge in [0, 0.05) is 5.56 Å². The summed E-state index contributed by atoms with van der Waals surface area (Å²) < 4.78 is 13.2. The highest BCUT2D eigenvalue weighted by atomic mass is 19.1. The van der Waals surface area contributed by atoms with E-state index >= 15 is 0 Å². The topological polar surface area (TPSA) is 20.2 Å². The van der Waals surface area contributed by atoms with Gasteiger partial charge in [0.1, 0.15) is 11.6 Å². The molecule has 0 atom stereocenters. The van der Waals surface area contributed by atoms with Crippen LogP contribution in [0.4, 0.5) is 4.39 Å². The summed E-state index contributed by atoms with van der Waals surface area (Å²) in [4.78, 5) is 0. The van der Waals surface area contributed by atoms with E-state index < -0.39 is 0 Å². The van der Waals surface area contributed by atoms with Gasteiger partial charge in [0.2, 0.25) is 0 Å². The molecule has 0 aliphatic carbocycles. The fraction of sp³-hybridized carbons (Fsp3) is 0.143. The third-order valence-electron chi connectivity index (χ3n) is 4.02. The molecule has 0 aromatic heterocycles. The first-order valence-corrected chi connectivity index (χ1v) is 7.74. The summed E-state index contributed by atoms with van der Waals surface area (Å²) in [6.45, 7) is 4.11. The number of phenols is 1. The van der Waals surface area contributed by atoms with E-state index in [0.717, 1.165) is 27.8 Å². The van der Waals surface area contributed by atoms with Crippen LogP contribution < -0.4 is 0 Å². The summed E-state index contributed by atoms with van der Waals surface area (Å²) in [6.07, 6.45) is 0. The van der Waals surface area contributed by atoms with E-state index in [-0.39, 0.29) is 17.5 Å². The molecule has 0 unspecified atom stereocenters. The van der Waals surface area contributed by atoms with Gasteiger partial charge in [-0.05, 0) is 52.4 Å². The van der Waals surface area contributed by atoms with Gasteiger partial charge < -0.3 is 5.11 Å². The summed E-state index contributed by atoms with van der Waals surface area (Å²) in [5.74, 6) is 0.181. The van der Waals surface area contributed by atoms with Crippen molar-refractivity contribution in [2.45, 2.75) is 19.8 Å². The molecule has 0 bridgehead atoms. The van der Waals surface area contributed by atoms with Crippen molar-refractivity contribution in [2.75, 3.05) is 0 Å². The number of halogens is 1. The molecule has 0 amide bonds. The average molecular weight is 306 g/mol. The molecule has 0 aliphatic heterocycles. The largest absolute Gasteiger partial charge is 0.507 e. The van der Waals surface area contributed by atoms with Crippen LogP contribution in [-0.2, 0) is 0 Å². The van der Waals surface area contributed by atoms with Crippen molar-refractivity contribution in [1.29, 1.82) is 0 Å². The zero-order chi connectivity index (χ0) is 16.4. The molecule has 3 aromatic rings. The van der Waals surface area contributed by atoms with E-state index in [1.54, 1.807) is 12.1 Å². The van der Waals surface area contributed by atoms with Crippen LogP contribution in [0.3, 0.4) is 0 Å². The van der Waals surface area contributed by atoms with E-state index in [1.165, 1.54) is 12.1 Å². The van der Waals surface area contributed by atoms with Crippen molar-refractivity contribution in [3.05, 3.63) is 78.1 Å². The zero-order valence-corrected chi connectivity index (χ0v) is 13.3. The minimum absolute atomic E-state index is 0.192. The number of hydrogen-bond donors (Lipinski definition) is 1. The van der Waals surface area contributed by atoms with Crippen molar-refractivity contribution in [1.82, 2.24) is 0 Å². The van der Waals surface area contributed by atoms with Gasteiger partial charge in [-0.3, -0.25) is 0 Å². The molecule has 2 heteroatoms. The molecule has 3 aromatic carbocycles.